The number of piperidine rings is 1. The van der Waals surface area contributed by atoms with Gasteiger partial charge in [-0.05, 0) is 31.9 Å². The fourth-order valence-electron chi connectivity index (χ4n) is 3.57. The van der Waals surface area contributed by atoms with Crippen LogP contribution in [0.25, 0.3) is 11.0 Å². The topological polar surface area (TPSA) is 94.9 Å². The molecule has 0 spiro atoms. The zero-order valence-electron chi connectivity index (χ0n) is 15.9. The number of aromatic nitrogens is 5. The second-order valence-corrected chi connectivity index (χ2v) is 6.94. The van der Waals surface area contributed by atoms with Crippen molar-refractivity contribution < 1.29 is 0 Å². The lowest BCUT2D eigenvalue weighted by atomic mass is 10.1. The van der Waals surface area contributed by atoms with E-state index < -0.39 is 0 Å². The highest BCUT2D eigenvalue weighted by Gasteiger charge is 2.24. The number of nitrogens with two attached hydrogens (primary N) is 1. The van der Waals surface area contributed by atoms with Gasteiger partial charge in [-0.1, -0.05) is 12.0 Å². The van der Waals surface area contributed by atoms with Crippen molar-refractivity contribution in [1.82, 2.24) is 24.3 Å². The molecule has 1 unspecified atom stereocenters. The van der Waals surface area contributed by atoms with Crippen molar-refractivity contribution in [3.63, 3.8) is 0 Å². The number of anilines is 1. The molecule has 1 atom stereocenters. The zero-order valence-corrected chi connectivity index (χ0v) is 15.9. The SMILES string of the molecule is CC#CCn1c(N2CCCC(N)C2)nc2cnn(Cc3ccccn3)c(=O)c21. The van der Waals surface area contributed by atoms with Crippen LogP contribution in [0.15, 0.2) is 35.4 Å². The quantitative estimate of drug-likeness (QED) is 0.681. The van der Waals surface area contributed by atoms with Gasteiger partial charge in [0.2, 0.25) is 5.95 Å². The first-order chi connectivity index (χ1) is 13.7. The van der Waals surface area contributed by atoms with E-state index in [2.05, 4.69) is 26.8 Å². The van der Waals surface area contributed by atoms with Crippen LogP contribution in [0, 0.1) is 11.8 Å². The summed E-state index contributed by atoms with van der Waals surface area (Å²) < 4.78 is 3.32. The monoisotopic (exact) mass is 377 g/mol. The summed E-state index contributed by atoms with van der Waals surface area (Å²) >= 11 is 0. The molecule has 1 aliphatic heterocycles. The van der Waals surface area contributed by atoms with Gasteiger partial charge in [-0.15, -0.1) is 5.92 Å². The van der Waals surface area contributed by atoms with Crippen molar-refractivity contribution in [2.75, 3.05) is 18.0 Å². The van der Waals surface area contributed by atoms with Crippen LogP contribution in [-0.4, -0.2) is 43.4 Å². The minimum absolute atomic E-state index is 0.109. The second kappa shape index (κ2) is 7.82. The van der Waals surface area contributed by atoms with Crippen molar-refractivity contribution in [1.29, 1.82) is 0 Å². The van der Waals surface area contributed by atoms with Crippen LogP contribution in [0.3, 0.4) is 0 Å². The molecular formula is C20H23N7O. The molecular weight excluding hydrogens is 354 g/mol. The number of pyridine rings is 1. The Hall–Kier alpha value is -3.18. The first kappa shape index (κ1) is 18.2. The predicted molar refractivity (Wildman–Crippen MR) is 108 cm³/mol. The van der Waals surface area contributed by atoms with Crippen molar-refractivity contribution in [2.45, 2.75) is 38.9 Å². The van der Waals surface area contributed by atoms with Gasteiger partial charge in [0, 0.05) is 25.3 Å². The third-order valence-corrected chi connectivity index (χ3v) is 4.92. The van der Waals surface area contributed by atoms with E-state index in [0.29, 0.717) is 24.1 Å². The van der Waals surface area contributed by atoms with E-state index >= 15 is 0 Å². The van der Waals surface area contributed by atoms with E-state index in [9.17, 15) is 4.79 Å². The molecule has 1 fully saturated rings. The van der Waals surface area contributed by atoms with Gasteiger partial charge in [0.05, 0.1) is 25.0 Å². The molecule has 0 radical (unpaired) electrons. The van der Waals surface area contributed by atoms with E-state index in [0.717, 1.165) is 37.6 Å². The molecule has 8 nitrogen and oxygen atoms in total. The number of rotatable bonds is 4. The number of nitrogens with zero attached hydrogens (tertiary/aromatic N) is 6. The van der Waals surface area contributed by atoms with Crippen molar-refractivity contribution in [2.24, 2.45) is 5.73 Å². The summed E-state index contributed by atoms with van der Waals surface area (Å²) in [5, 5.41) is 4.31. The van der Waals surface area contributed by atoms with E-state index in [4.69, 9.17) is 10.7 Å². The fourth-order valence-corrected chi connectivity index (χ4v) is 3.57. The molecule has 2 N–H and O–H groups in total. The molecule has 144 valence electrons. The van der Waals surface area contributed by atoms with Gasteiger partial charge in [0.15, 0.2) is 0 Å². The Morgan fingerprint density at radius 2 is 2.25 bits per heavy atom. The third-order valence-electron chi connectivity index (χ3n) is 4.92. The van der Waals surface area contributed by atoms with Gasteiger partial charge in [-0.2, -0.15) is 5.10 Å². The molecule has 4 heterocycles. The molecule has 3 aromatic heterocycles. The Balaban J connectivity index is 1.81. The summed E-state index contributed by atoms with van der Waals surface area (Å²) in [7, 11) is 0. The first-order valence-corrected chi connectivity index (χ1v) is 9.43. The zero-order chi connectivity index (χ0) is 19.5. The van der Waals surface area contributed by atoms with E-state index in [1.165, 1.54) is 4.68 Å². The van der Waals surface area contributed by atoms with Gasteiger partial charge in [-0.25, -0.2) is 9.67 Å². The average molecular weight is 377 g/mol. The van der Waals surface area contributed by atoms with Crippen molar-refractivity contribution in [3.05, 3.63) is 46.6 Å². The smallest absolute Gasteiger partial charge is 0.293 e. The molecule has 0 aliphatic carbocycles. The van der Waals surface area contributed by atoms with Crippen LogP contribution in [0.4, 0.5) is 5.95 Å². The molecule has 1 aliphatic rings. The summed E-state index contributed by atoms with van der Waals surface area (Å²) in [4.78, 5) is 24.3. The van der Waals surface area contributed by atoms with Crippen LogP contribution in [-0.2, 0) is 13.1 Å². The van der Waals surface area contributed by atoms with E-state index in [1.807, 2.05) is 22.8 Å². The van der Waals surface area contributed by atoms with Crippen LogP contribution >= 0.6 is 0 Å². The molecule has 0 saturated carbocycles. The number of hydrogen-bond donors (Lipinski definition) is 1. The number of imidazole rings is 1. The average Bonchev–Trinajstić information content (AvgIpc) is 3.08. The predicted octanol–water partition coefficient (Wildman–Crippen LogP) is 0.987. The third kappa shape index (κ3) is 3.49. The van der Waals surface area contributed by atoms with Gasteiger partial charge in [0.25, 0.3) is 5.56 Å². The standard InChI is InChI=1S/C20H23N7O/c1-2-3-11-26-18-17(24-20(26)25-10-6-7-15(21)13-25)12-23-27(19(18)28)14-16-8-4-5-9-22-16/h4-5,8-9,12,15H,6-7,10-11,13-14,21H2,1H3. The first-order valence-electron chi connectivity index (χ1n) is 9.43. The number of hydrogen-bond acceptors (Lipinski definition) is 6. The van der Waals surface area contributed by atoms with Crippen molar-refractivity contribution in [3.8, 4) is 11.8 Å². The highest BCUT2D eigenvalue weighted by atomic mass is 16.1. The highest BCUT2D eigenvalue weighted by Crippen LogP contribution is 2.23. The Bertz CT molecular complexity index is 1090. The van der Waals surface area contributed by atoms with Gasteiger partial charge in [0.1, 0.15) is 11.0 Å². The summed E-state index contributed by atoms with van der Waals surface area (Å²) in [5.41, 5.74) is 7.83. The molecule has 0 aromatic carbocycles. The largest absolute Gasteiger partial charge is 0.341 e. The highest BCUT2D eigenvalue weighted by molar-refractivity contribution is 5.77. The van der Waals surface area contributed by atoms with Crippen molar-refractivity contribution >= 4 is 17.0 Å². The van der Waals surface area contributed by atoms with E-state index in [-0.39, 0.29) is 11.6 Å². The normalized spacial score (nSPS) is 16.8. The van der Waals surface area contributed by atoms with Crippen LogP contribution in [0.2, 0.25) is 0 Å². The minimum atomic E-state index is -0.193. The van der Waals surface area contributed by atoms with Gasteiger partial charge < -0.3 is 10.6 Å². The van der Waals surface area contributed by atoms with Gasteiger partial charge >= 0.3 is 0 Å². The number of fused-ring (bicyclic) bond motifs is 1. The molecule has 1 saturated heterocycles. The maximum atomic E-state index is 13.2. The van der Waals surface area contributed by atoms with E-state index in [1.54, 1.807) is 19.3 Å². The van der Waals surface area contributed by atoms with Gasteiger partial charge in [-0.3, -0.25) is 14.3 Å². The lowest BCUT2D eigenvalue weighted by Crippen LogP contribution is -2.44. The Labute approximate surface area is 163 Å². The van der Waals surface area contributed by atoms with Crippen LogP contribution in [0.1, 0.15) is 25.5 Å². The lowest BCUT2D eigenvalue weighted by Gasteiger charge is -2.31. The lowest BCUT2D eigenvalue weighted by molar-refractivity contribution is 0.496. The molecule has 0 bridgehead atoms. The summed E-state index contributed by atoms with van der Waals surface area (Å²) in [6.07, 6.45) is 5.36. The summed E-state index contributed by atoms with van der Waals surface area (Å²) in [6, 6.07) is 5.72. The molecule has 3 aromatic rings. The minimum Gasteiger partial charge on any atom is -0.341 e. The molecule has 0 amide bonds. The van der Waals surface area contributed by atoms with Crippen LogP contribution < -0.4 is 16.2 Å². The summed E-state index contributed by atoms with van der Waals surface area (Å²) in [5.74, 6) is 6.71. The fraction of sp³-hybridized carbons (Fsp3) is 0.400. The molecule has 4 rings (SSSR count). The maximum absolute atomic E-state index is 13.2. The maximum Gasteiger partial charge on any atom is 0.293 e. The Morgan fingerprint density at radius 3 is 3.00 bits per heavy atom. The second-order valence-electron chi connectivity index (χ2n) is 6.94. The summed E-state index contributed by atoms with van der Waals surface area (Å²) in [6.45, 7) is 4.09. The molecule has 28 heavy (non-hydrogen) atoms. The molecule has 8 heteroatoms. The van der Waals surface area contributed by atoms with Crippen LogP contribution in [0.5, 0.6) is 0 Å². The Kier molecular flexibility index (Phi) is 5.08. The Morgan fingerprint density at radius 1 is 1.36 bits per heavy atom.